The summed E-state index contributed by atoms with van der Waals surface area (Å²) in [7, 11) is 1.76. The van der Waals surface area contributed by atoms with Gasteiger partial charge in [-0.15, -0.1) is 0 Å². The smallest absolute Gasteiger partial charge is 0.266 e. The van der Waals surface area contributed by atoms with Crippen molar-refractivity contribution in [3.05, 3.63) is 94.9 Å². The standard InChI is InChI=1S/C24H20N2OS.C2H6.H2/c1-17-11-13-19(14-12-17)20-8-6-7-18(15-20)16-22-23(27)26(2)24(28-22)25-21-9-4-3-5-10-21;1-2;/h3-16H,1-2H3;1-2H3;1H/b22-16-,25-24?;;. The fourth-order valence-corrected chi connectivity index (χ4v) is 3.96. The van der Waals surface area contributed by atoms with Crippen LogP contribution in [0.25, 0.3) is 17.2 Å². The first kappa shape index (κ1) is 21.6. The SMILES string of the molecule is CC.Cc1ccc(-c2cccc(/C=C3\SC(=Nc4ccccc4)N(C)C3=O)c2)cc1.[HH]. The number of hydrogen-bond donors (Lipinski definition) is 0. The lowest BCUT2D eigenvalue weighted by Crippen LogP contribution is -2.23. The monoisotopic (exact) mass is 416 g/mol. The Balaban J connectivity index is 0.00000111. The summed E-state index contributed by atoms with van der Waals surface area (Å²) in [6, 6.07) is 26.4. The summed E-state index contributed by atoms with van der Waals surface area (Å²) >= 11 is 1.41. The Morgan fingerprint density at radius 3 is 2.30 bits per heavy atom. The van der Waals surface area contributed by atoms with E-state index < -0.39 is 0 Å². The number of amides is 1. The fourth-order valence-electron chi connectivity index (χ4n) is 2.97. The van der Waals surface area contributed by atoms with Crippen LogP contribution in [0.3, 0.4) is 0 Å². The molecule has 30 heavy (non-hydrogen) atoms. The van der Waals surface area contributed by atoms with Crippen molar-refractivity contribution in [3.8, 4) is 11.1 Å². The van der Waals surface area contributed by atoms with Gasteiger partial charge >= 0.3 is 0 Å². The normalized spacial score (nSPS) is 16.0. The van der Waals surface area contributed by atoms with Crippen LogP contribution in [0.4, 0.5) is 5.69 Å². The molecular formula is C26H28N2OS. The van der Waals surface area contributed by atoms with Gasteiger partial charge in [-0.05, 0) is 59.7 Å². The minimum absolute atomic E-state index is 0. The highest BCUT2D eigenvalue weighted by molar-refractivity contribution is 8.18. The first-order valence-corrected chi connectivity index (χ1v) is 10.9. The van der Waals surface area contributed by atoms with Gasteiger partial charge in [0.05, 0.1) is 10.6 Å². The van der Waals surface area contributed by atoms with E-state index >= 15 is 0 Å². The van der Waals surface area contributed by atoms with Crippen LogP contribution < -0.4 is 0 Å². The maximum absolute atomic E-state index is 12.7. The zero-order valence-electron chi connectivity index (χ0n) is 17.8. The molecule has 4 heteroatoms. The summed E-state index contributed by atoms with van der Waals surface area (Å²) in [6.45, 7) is 6.08. The molecule has 4 rings (SSSR count). The number of aliphatic imine (C=N–C) groups is 1. The van der Waals surface area contributed by atoms with Crippen LogP contribution in [0.15, 0.2) is 88.8 Å². The van der Waals surface area contributed by atoms with Gasteiger partial charge in [0.25, 0.3) is 5.91 Å². The molecule has 0 saturated carbocycles. The third-order valence-corrected chi connectivity index (χ3v) is 5.61. The number of hydrogen-bond acceptors (Lipinski definition) is 3. The van der Waals surface area contributed by atoms with Crippen molar-refractivity contribution in [3.63, 3.8) is 0 Å². The molecule has 0 radical (unpaired) electrons. The predicted molar refractivity (Wildman–Crippen MR) is 132 cm³/mol. The number of carbonyl (C=O) groups is 1. The van der Waals surface area contributed by atoms with Crippen LogP contribution in [-0.2, 0) is 4.79 Å². The van der Waals surface area contributed by atoms with Gasteiger partial charge in [0.15, 0.2) is 5.17 Å². The number of rotatable bonds is 3. The van der Waals surface area contributed by atoms with E-state index in [0.717, 1.165) is 16.8 Å². The molecule has 1 aliphatic rings. The van der Waals surface area contributed by atoms with E-state index in [1.165, 1.54) is 22.9 Å². The zero-order valence-corrected chi connectivity index (χ0v) is 18.6. The molecule has 0 N–H and O–H groups in total. The second kappa shape index (κ2) is 10.1. The lowest BCUT2D eigenvalue weighted by Gasteiger charge is -2.07. The highest BCUT2D eigenvalue weighted by Gasteiger charge is 2.30. The van der Waals surface area contributed by atoms with Crippen molar-refractivity contribution >= 4 is 34.6 Å². The van der Waals surface area contributed by atoms with Gasteiger partial charge in [-0.1, -0.05) is 80.1 Å². The summed E-state index contributed by atoms with van der Waals surface area (Å²) in [5, 5.41) is 0.692. The number of carbonyl (C=O) groups excluding carboxylic acids is 1. The number of benzene rings is 3. The van der Waals surface area contributed by atoms with E-state index in [0.29, 0.717) is 10.1 Å². The molecule has 0 aromatic heterocycles. The highest BCUT2D eigenvalue weighted by atomic mass is 32.2. The Morgan fingerprint density at radius 1 is 0.900 bits per heavy atom. The third kappa shape index (κ3) is 5.08. The molecule has 3 nitrogen and oxygen atoms in total. The molecule has 0 unspecified atom stereocenters. The molecule has 1 fully saturated rings. The van der Waals surface area contributed by atoms with Gasteiger partial charge in [0, 0.05) is 8.47 Å². The van der Waals surface area contributed by atoms with Gasteiger partial charge in [0.2, 0.25) is 0 Å². The van der Waals surface area contributed by atoms with Crippen LogP contribution in [0, 0.1) is 6.92 Å². The maximum atomic E-state index is 12.7. The molecule has 3 aromatic carbocycles. The first-order valence-electron chi connectivity index (χ1n) is 10.1. The Kier molecular flexibility index (Phi) is 7.26. The number of thioether (sulfide) groups is 1. The molecule has 1 heterocycles. The number of amidine groups is 1. The minimum atomic E-state index is -0.0274. The van der Waals surface area contributed by atoms with E-state index in [-0.39, 0.29) is 7.33 Å². The van der Waals surface area contributed by atoms with Crippen molar-refractivity contribution in [2.75, 3.05) is 7.05 Å². The molecule has 1 saturated heterocycles. The van der Waals surface area contributed by atoms with Crippen molar-refractivity contribution in [1.29, 1.82) is 0 Å². The summed E-state index contributed by atoms with van der Waals surface area (Å²) in [5.41, 5.74) is 5.38. The molecule has 154 valence electrons. The fraction of sp³-hybridized carbons (Fsp3) is 0.154. The molecule has 0 spiro atoms. The molecule has 0 aliphatic carbocycles. The van der Waals surface area contributed by atoms with Crippen LogP contribution in [0.2, 0.25) is 0 Å². The molecular weight excluding hydrogens is 388 g/mol. The summed E-state index contributed by atoms with van der Waals surface area (Å²) in [4.78, 5) is 19.5. The van der Waals surface area contributed by atoms with Crippen LogP contribution in [-0.4, -0.2) is 23.0 Å². The average molecular weight is 417 g/mol. The Morgan fingerprint density at radius 2 is 1.60 bits per heavy atom. The summed E-state index contributed by atoms with van der Waals surface area (Å²) < 4.78 is 0. The van der Waals surface area contributed by atoms with E-state index in [1.807, 2.05) is 62.4 Å². The van der Waals surface area contributed by atoms with Gasteiger partial charge < -0.3 is 0 Å². The van der Waals surface area contributed by atoms with Gasteiger partial charge in [-0.25, -0.2) is 4.99 Å². The number of likely N-dealkylation sites (N-methyl/N-ethyl adjacent to an activating group) is 1. The zero-order chi connectivity index (χ0) is 21.5. The van der Waals surface area contributed by atoms with Gasteiger partial charge in [-0.3, -0.25) is 9.69 Å². The molecule has 1 aliphatic heterocycles. The maximum Gasteiger partial charge on any atom is 0.266 e. The van der Waals surface area contributed by atoms with Crippen LogP contribution >= 0.6 is 11.8 Å². The molecule has 3 aromatic rings. The Labute approximate surface area is 184 Å². The van der Waals surface area contributed by atoms with Gasteiger partial charge in [0.1, 0.15) is 0 Å². The Hall–Kier alpha value is -3.11. The molecule has 1 amide bonds. The van der Waals surface area contributed by atoms with Crippen molar-refractivity contribution < 1.29 is 6.22 Å². The minimum Gasteiger partial charge on any atom is -0.290 e. The topological polar surface area (TPSA) is 32.7 Å². The first-order chi connectivity index (χ1) is 14.6. The lowest BCUT2D eigenvalue weighted by atomic mass is 10.0. The third-order valence-electron chi connectivity index (χ3n) is 4.55. The van der Waals surface area contributed by atoms with Crippen LogP contribution in [0.1, 0.15) is 26.4 Å². The van der Waals surface area contributed by atoms with Crippen LogP contribution in [0.5, 0.6) is 0 Å². The lowest BCUT2D eigenvalue weighted by molar-refractivity contribution is -0.121. The van der Waals surface area contributed by atoms with Crippen molar-refractivity contribution in [2.24, 2.45) is 4.99 Å². The number of nitrogens with zero attached hydrogens (tertiary/aromatic N) is 2. The second-order valence-corrected chi connectivity index (χ2v) is 7.71. The molecule has 0 bridgehead atoms. The molecule has 0 atom stereocenters. The van der Waals surface area contributed by atoms with E-state index in [9.17, 15) is 4.79 Å². The van der Waals surface area contributed by atoms with E-state index in [4.69, 9.17) is 0 Å². The quantitative estimate of drug-likeness (QED) is 0.424. The number of para-hydroxylation sites is 1. The Bertz CT molecular complexity index is 1080. The summed E-state index contributed by atoms with van der Waals surface area (Å²) in [6.07, 6.45) is 1.94. The van der Waals surface area contributed by atoms with E-state index in [1.54, 1.807) is 11.9 Å². The average Bonchev–Trinajstić information content (AvgIpc) is 3.04. The highest BCUT2D eigenvalue weighted by Crippen LogP contribution is 2.33. The summed E-state index contributed by atoms with van der Waals surface area (Å²) in [5.74, 6) is -0.0274. The van der Waals surface area contributed by atoms with Crippen molar-refractivity contribution in [2.45, 2.75) is 20.8 Å². The van der Waals surface area contributed by atoms with Crippen molar-refractivity contribution in [1.82, 2.24) is 4.90 Å². The second-order valence-electron chi connectivity index (χ2n) is 6.70. The number of aryl methyl sites for hydroxylation is 1. The predicted octanol–water partition coefficient (Wildman–Crippen LogP) is 7.17. The largest absolute Gasteiger partial charge is 0.290 e. The van der Waals surface area contributed by atoms with E-state index in [2.05, 4.69) is 48.3 Å². The van der Waals surface area contributed by atoms with Gasteiger partial charge in [-0.2, -0.15) is 0 Å².